The maximum Gasteiger partial charge on any atom is 0.290 e. The third-order valence-corrected chi connectivity index (χ3v) is 2.51. The van der Waals surface area contributed by atoms with Crippen LogP contribution >= 0.6 is 0 Å². The van der Waals surface area contributed by atoms with Crippen LogP contribution in [0.5, 0.6) is 0 Å². The summed E-state index contributed by atoms with van der Waals surface area (Å²) >= 11 is 0. The fourth-order valence-electron chi connectivity index (χ4n) is 0.875. The summed E-state index contributed by atoms with van der Waals surface area (Å²) in [5.74, 6) is 0. The van der Waals surface area contributed by atoms with Gasteiger partial charge in [0.2, 0.25) is 0 Å². The van der Waals surface area contributed by atoms with E-state index in [0.29, 0.717) is 0 Å². The molecule has 1 aliphatic rings. The standard InChI is InChI=1S/C6H9NO3S/c1-7-5-3-2-4-6(7)11(8,9)10/h2-6H,1H3,(H,8,9,10). The van der Waals surface area contributed by atoms with Gasteiger partial charge in [-0.15, -0.1) is 0 Å². The number of hydrogen-bond donors (Lipinski definition) is 1. The number of allylic oxidation sites excluding steroid dienone is 2. The molecule has 1 atom stereocenters. The van der Waals surface area contributed by atoms with Crippen LogP contribution in [0.25, 0.3) is 0 Å². The molecule has 5 heteroatoms. The first-order chi connectivity index (χ1) is 5.02. The molecule has 1 unspecified atom stereocenters. The van der Waals surface area contributed by atoms with Gasteiger partial charge < -0.3 is 4.90 Å². The minimum atomic E-state index is -3.99. The SMILES string of the molecule is CN1C=CC=CC1S(=O)(=O)O. The fourth-order valence-corrected chi connectivity index (χ4v) is 1.65. The monoisotopic (exact) mass is 175 g/mol. The number of nitrogens with zero attached hydrogens (tertiary/aromatic N) is 1. The third kappa shape index (κ3) is 1.81. The van der Waals surface area contributed by atoms with Crippen LogP contribution in [0.3, 0.4) is 0 Å². The molecule has 0 aromatic rings. The van der Waals surface area contributed by atoms with Crippen molar-refractivity contribution >= 4 is 10.1 Å². The Hall–Kier alpha value is -0.810. The lowest BCUT2D eigenvalue weighted by molar-refractivity contribution is 0.398. The minimum absolute atomic E-state index is 0.938. The lowest BCUT2D eigenvalue weighted by Crippen LogP contribution is -2.33. The van der Waals surface area contributed by atoms with Gasteiger partial charge in [0.1, 0.15) is 0 Å². The average molecular weight is 175 g/mol. The zero-order chi connectivity index (χ0) is 8.48. The maximum absolute atomic E-state index is 10.6. The van der Waals surface area contributed by atoms with Crippen LogP contribution in [0.1, 0.15) is 0 Å². The van der Waals surface area contributed by atoms with Crippen molar-refractivity contribution in [3.8, 4) is 0 Å². The first-order valence-electron chi connectivity index (χ1n) is 3.05. The summed E-state index contributed by atoms with van der Waals surface area (Å²) in [4.78, 5) is 1.41. The van der Waals surface area contributed by atoms with Gasteiger partial charge in [-0.1, -0.05) is 6.08 Å². The quantitative estimate of drug-likeness (QED) is 0.579. The molecule has 62 valence electrons. The van der Waals surface area contributed by atoms with Crippen LogP contribution in [0.2, 0.25) is 0 Å². The van der Waals surface area contributed by atoms with E-state index in [1.54, 1.807) is 25.4 Å². The van der Waals surface area contributed by atoms with E-state index in [4.69, 9.17) is 4.55 Å². The molecule has 0 bridgehead atoms. The van der Waals surface area contributed by atoms with Crippen LogP contribution in [0.15, 0.2) is 24.4 Å². The second kappa shape index (κ2) is 2.67. The molecule has 11 heavy (non-hydrogen) atoms. The van der Waals surface area contributed by atoms with Gasteiger partial charge >= 0.3 is 0 Å². The summed E-state index contributed by atoms with van der Waals surface area (Å²) in [5.41, 5.74) is 0. The van der Waals surface area contributed by atoms with Crippen LogP contribution in [0.4, 0.5) is 0 Å². The molecule has 0 saturated heterocycles. The summed E-state index contributed by atoms with van der Waals surface area (Å²) in [6.07, 6.45) is 6.27. The Kier molecular flexibility index (Phi) is 2.01. The second-order valence-corrected chi connectivity index (χ2v) is 3.81. The molecule has 0 spiro atoms. The summed E-state index contributed by atoms with van der Waals surface area (Å²) in [6.45, 7) is 0. The number of rotatable bonds is 1. The van der Waals surface area contributed by atoms with Crippen molar-refractivity contribution in [2.24, 2.45) is 0 Å². The molecule has 1 N–H and O–H groups in total. The molecule has 0 saturated carbocycles. The van der Waals surface area contributed by atoms with Crippen molar-refractivity contribution in [3.05, 3.63) is 24.4 Å². The van der Waals surface area contributed by atoms with Gasteiger partial charge in [0.25, 0.3) is 10.1 Å². The van der Waals surface area contributed by atoms with Crippen molar-refractivity contribution in [2.75, 3.05) is 7.05 Å². The first kappa shape index (κ1) is 8.29. The van der Waals surface area contributed by atoms with Crippen LogP contribution in [0, 0.1) is 0 Å². The van der Waals surface area contributed by atoms with Gasteiger partial charge in [0.05, 0.1) is 0 Å². The second-order valence-electron chi connectivity index (χ2n) is 2.30. The first-order valence-corrected chi connectivity index (χ1v) is 4.55. The lowest BCUT2D eigenvalue weighted by atomic mass is 10.4. The van der Waals surface area contributed by atoms with Crippen molar-refractivity contribution in [1.82, 2.24) is 4.90 Å². The Bertz CT molecular complexity index is 291. The smallest absolute Gasteiger partial charge is 0.290 e. The zero-order valence-corrected chi connectivity index (χ0v) is 6.82. The van der Waals surface area contributed by atoms with Gasteiger partial charge in [-0.05, 0) is 12.2 Å². The molecule has 0 aromatic heterocycles. The normalized spacial score (nSPS) is 24.2. The van der Waals surface area contributed by atoms with E-state index in [-0.39, 0.29) is 0 Å². The number of likely N-dealkylation sites (N-methyl/N-ethyl adjacent to an activating group) is 1. The summed E-state index contributed by atoms with van der Waals surface area (Å²) in [5, 5.41) is -0.938. The van der Waals surface area contributed by atoms with E-state index < -0.39 is 15.5 Å². The summed E-state index contributed by atoms with van der Waals surface area (Å²) in [7, 11) is -2.41. The van der Waals surface area contributed by atoms with E-state index in [1.807, 2.05) is 0 Å². The molecule has 0 aliphatic carbocycles. The number of hydrogen-bond acceptors (Lipinski definition) is 3. The maximum atomic E-state index is 10.6. The Labute approximate surface area is 65.6 Å². The Morgan fingerprint density at radius 3 is 2.45 bits per heavy atom. The molecule has 1 aliphatic heterocycles. The minimum Gasteiger partial charge on any atom is -0.359 e. The van der Waals surface area contributed by atoms with Gasteiger partial charge in [0.15, 0.2) is 5.37 Å². The van der Waals surface area contributed by atoms with Gasteiger partial charge in [-0.25, -0.2) is 0 Å². The highest BCUT2D eigenvalue weighted by atomic mass is 32.2. The van der Waals surface area contributed by atoms with Crippen molar-refractivity contribution in [2.45, 2.75) is 5.37 Å². The van der Waals surface area contributed by atoms with Crippen molar-refractivity contribution < 1.29 is 13.0 Å². The van der Waals surface area contributed by atoms with E-state index >= 15 is 0 Å². The predicted octanol–water partition coefficient (Wildman–Crippen LogP) is 0.216. The van der Waals surface area contributed by atoms with Crippen LogP contribution in [-0.4, -0.2) is 30.3 Å². The molecular weight excluding hydrogens is 166 g/mol. The molecule has 1 rings (SSSR count). The third-order valence-electron chi connectivity index (χ3n) is 1.41. The predicted molar refractivity (Wildman–Crippen MR) is 41.4 cm³/mol. The molecule has 4 nitrogen and oxygen atoms in total. The van der Waals surface area contributed by atoms with Crippen molar-refractivity contribution in [1.29, 1.82) is 0 Å². The highest BCUT2D eigenvalue weighted by molar-refractivity contribution is 7.86. The van der Waals surface area contributed by atoms with E-state index in [2.05, 4.69) is 0 Å². The summed E-state index contributed by atoms with van der Waals surface area (Å²) < 4.78 is 29.9. The Morgan fingerprint density at radius 1 is 1.45 bits per heavy atom. The largest absolute Gasteiger partial charge is 0.359 e. The topological polar surface area (TPSA) is 57.6 Å². The molecule has 1 heterocycles. The highest BCUT2D eigenvalue weighted by Crippen LogP contribution is 2.10. The Morgan fingerprint density at radius 2 is 2.09 bits per heavy atom. The van der Waals surface area contributed by atoms with Crippen molar-refractivity contribution in [3.63, 3.8) is 0 Å². The van der Waals surface area contributed by atoms with E-state index in [1.165, 1.54) is 11.0 Å². The van der Waals surface area contributed by atoms with Gasteiger partial charge in [-0.3, -0.25) is 4.55 Å². The molecule has 0 radical (unpaired) electrons. The Balaban J connectivity index is 2.91. The molecular formula is C6H9NO3S. The average Bonchev–Trinajstić information content (AvgIpc) is 1.86. The fraction of sp³-hybridized carbons (Fsp3) is 0.333. The molecule has 0 fully saturated rings. The van der Waals surface area contributed by atoms with Crippen LogP contribution in [-0.2, 0) is 10.1 Å². The van der Waals surface area contributed by atoms with Crippen LogP contribution < -0.4 is 0 Å². The highest BCUT2D eigenvalue weighted by Gasteiger charge is 2.23. The van der Waals surface area contributed by atoms with Gasteiger partial charge in [-0.2, -0.15) is 8.42 Å². The van der Waals surface area contributed by atoms with Gasteiger partial charge in [0, 0.05) is 13.2 Å². The molecule has 0 amide bonds. The zero-order valence-electron chi connectivity index (χ0n) is 6.01. The molecule has 0 aromatic carbocycles. The lowest BCUT2D eigenvalue weighted by Gasteiger charge is -2.22. The summed E-state index contributed by atoms with van der Waals surface area (Å²) in [6, 6.07) is 0. The van der Waals surface area contributed by atoms with E-state index in [9.17, 15) is 8.42 Å². The van der Waals surface area contributed by atoms with E-state index in [0.717, 1.165) is 0 Å².